The molecular formula is C35H34N5O3+. The van der Waals surface area contributed by atoms with Gasteiger partial charge in [-0.25, -0.2) is 10.1 Å². The zero-order chi connectivity index (χ0) is 30.7. The predicted octanol–water partition coefficient (Wildman–Crippen LogP) is 5.52. The van der Waals surface area contributed by atoms with Gasteiger partial charge in [0.15, 0.2) is 5.75 Å². The van der Waals surface area contributed by atoms with E-state index in [-0.39, 0.29) is 30.1 Å². The molecule has 8 nitrogen and oxygen atoms in total. The monoisotopic (exact) mass is 572 g/mol. The molecule has 0 saturated heterocycles. The fourth-order valence-electron chi connectivity index (χ4n) is 5.19. The Balaban J connectivity index is 1.74. The minimum Gasteiger partial charge on any atom is -0.439 e. The number of quaternary nitrogens is 1. The number of hydrogen-bond acceptors (Lipinski definition) is 6. The second kappa shape index (κ2) is 14.6. The van der Waals surface area contributed by atoms with Crippen LogP contribution in [0.2, 0.25) is 0 Å². The summed E-state index contributed by atoms with van der Waals surface area (Å²) >= 11 is 0. The molecular weight excluding hydrogens is 538 g/mol. The number of rotatable bonds is 12. The van der Waals surface area contributed by atoms with Crippen LogP contribution in [0.15, 0.2) is 108 Å². The zero-order valence-corrected chi connectivity index (χ0v) is 24.1. The summed E-state index contributed by atoms with van der Waals surface area (Å²) in [7, 11) is 2.02. The van der Waals surface area contributed by atoms with E-state index in [0.717, 1.165) is 29.8 Å². The highest BCUT2D eigenvalue weighted by Gasteiger charge is 2.28. The molecule has 3 aromatic rings. The normalized spacial score (nSPS) is 14.3. The summed E-state index contributed by atoms with van der Waals surface area (Å²) in [5.41, 5.74) is 3.88. The molecule has 1 heterocycles. The van der Waals surface area contributed by atoms with Crippen LogP contribution >= 0.6 is 0 Å². The van der Waals surface area contributed by atoms with Gasteiger partial charge in [0, 0.05) is 24.6 Å². The molecule has 2 N–H and O–H groups in total. The molecule has 4 rings (SSSR count). The van der Waals surface area contributed by atoms with Crippen molar-refractivity contribution in [3.05, 3.63) is 125 Å². The molecule has 3 aromatic carbocycles. The largest absolute Gasteiger partial charge is 0.439 e. The number of ether oxygens (including phenoxy) is 1. The Morgan fingerprint density at radius 3 is 2.21 bits per heavy atom. The lowest BCUT2D eigenvalue weighted by atomic mass is 9.96. The maximum Gasteiger partial charge on any atom is 0.270 e. The first kappa shape index (κ1) is 30.8. The number of benzene rings is 3. The zero-order valence-electron chi connectivity index (χ0n) is 24.1. The first-order chi connectivity index (χ1) is 21.0. The Labute approximate surface area is 252 Å². The lowest BCUT2D eigenvalue weighted by Crippen LogP contribution is -2.49. The lowest BCUT2D eigenvalue weighted by molar-refractivity contribution is -0.910. The molecule has 1 aliphatic rings. The van der Waals surface area contributed by atoms with Gasteiger partial charge in [-0.05, 0) is 34.9 Å². The first-order valence-corrected chi connectivity index (χ1v) is 14.1. The molecule has 8 heteroatoms. The molecule has 0 atom stereocenters. The first-order valence-electron chi connectivity index (χ1n) is 14.1. The van der Waals surface area contributed by atoms with Gasteiger partial charge in [0.1, 0.15) is 13.1 Å². The number of nitriles is 2. The van der Waals surface area contributed by atoms with Crippen LogP contribution in [0, 0.1) is 29.2 Å². The Kier molecular flexibility index (Phi) is 10.5. The molecule has 0 unspecified atom stereocenters. The van der Waals surface area contributed by atoms with Crippen molar-refractivity contribution >= 4 is 11.3 Å². The van der Waals surface area contributed by atoms with Gasteiger partial charge in [0.05, 0.1) is 56.8 Å². The Hall–Kier alpha value is -5.17. The SMILES string of the molecule is [C-]#[N+]C(C#N)=C(C(C#N)=CC=C1Oc2ccc(-c3ccccc3)cc2N1CCC[N+](C)(CCO)CCO)c1ccccc1. The smallest absolute Gasteiger partial charge is 0.270 e. The number of anilines is 1. The molecule has 1 aliphatic heterocycles. The van der Waals surface area contributed by atoms with Gasteiger partial charge in [-0.2, -0.15) is 5.26 Å². The van der Waals surface area contributed by atoms with Crippen LogP contribution in [0.3, 0.4) is 0 Å². The van der Waals surface area contributed by atoms with Crippen LogP contribution in [0.4, 0.5) is 5.69 Å². The molecule has 0 spiro atoms. The summed E-state index contributed by atoms with van der Waals surface area (Å²) in [5, 5.41) is 38.9. The molecule has 0 radical (unpaired) electrons. The Morgan fingerprint density at radius 1 is 0.930 bits per heavy atom. The van der Waals surface area contributed by atoms with E-state index in [9.17, 15) is 20.7 Å². The van der Waals surface area contributed by atoms with Crippen molar-refractivity contribution in [3.63, 3.8) is 0 Å². The number of nitrogens with zero attached hydrogens (tertiary/aromatic N) is 5. The second-order valence-corrected chi connectivity index (χ2v) is 10.4. The molecule has 43 heavy (non-hydrogen) atoms. The van der Waals surface area contributed by atoms with E-state index in [0.29, 0.717) is 41.3 Å². The summed E-state index contributed by atoms with van der Waals surface area (Å²) in [4.78, 5) is 5.45. The third-order valence-corrected chi connectivity index (χ3v) is 7.50. The predicted molar refractivity (Wildman–Crippen MR) is 167 cm³/mol. The Bertz CT molecular complexity index is 1620. The quantitative estimate of drug-likeness (QED) is 0.128. The van der Waals surface area contributed by atoms with Crippen LogP contribution in [-0.4, -0.2) is 61.1 Å². The highest BCUT2D eigenvalue weighted by atomic mass is 16.5. The van der Waals surface area contributed by atoms with Gasteiger partial charge in [-0.15, -0.1) is 0 Å². The third-order valence-electron chi connectivity index (χ3n) is 7.50. The van der Waals surface area contributed by atoms with E-state index < -0.39 is 0 Å². The highest BCUT2D eigenvalue weighted by Crippen LogP contribution is 2.42. The van der Waals surface area contributed by atoms with Crippen LogP contribution in [-0.2, 0) is 0 Å². The van der Waals surface area contributed by atoms with Crippen molar-refractivity contribution in [1.82, 2.24) is 0 Å². The summed E-state index contributed by atoms with van der Waals surface area (Å²) in [5.74, 6) is 1.19. The number of fused-ring (bicyclic) bond motifs is 1. The highest BCUT2D eigenvalue weighted by molar-refractivity contribution is 5.88. The van der Waals surface area contributed by atoms with E-state index in [1.807, 2.05) is 49.5 Å². The third kappa shape index (κ3) is 7.38. The summed E-state index contributed by atoms with van der Waals surface area (Å²) in [6.07, 6.45) is 4.04. The van der Waals surface area contributed by atoms with E-state index in [1.165, 1.54) is 0 Å². The molecule has 0 amide bonds. The minimum absolute atomic E-state index is 0.0338. The fraction of sp³-hybridized carbons (Fsp3) is 0.229. The van der Waals surface area contributed by atoms with E-state index in [1.54, 1.807) is 36.4 Å². The summed E-state index contributed by atoms with van der Waals surface area (Å²) in [6, 6.07) is 29.1. The second-order valence-electron chi connectivity index (χ2n) is 10.4. The van der Waals surface area contributed by atoms with Crippen molar-refractivity contribution in [1.29, 1.82) is 10.5 Å². The molecule has 0 fully saturated rings. The van der Waals surface area contributed by atoms with Gasteiger partial charge in [-0.1, -0.05) is 66.7 Å². The van der Waals surface area contributed by atoms with Crippen LogP contribution < -0.4 is 9.64 Å². The average Bonchev–Trinajstić information content (AvgIpc) is 3.38. The number of hydrogen-bond donors (Lipinski definition) is 2. The number of aliphatic hydroxyl groups excluding tert-OH is 2. The topological polar surface area (TPSA) is 105 Å². The minimum atomic E-state index is -0.165. The number of aliphatic hydroxyl groups is 2. The van der Waals surface area contributed by atoms with Crippen molar-refractivity contribution in [2.24, 2.45) is 0 Å². The van der Waals surface area contributed by atoms with Crippen LogP contribution in [0.5, 0.6) is 5.75 Å². The molecule has 0 saturated carbocycles. The van der Waals surface area contributed by atoms with Crippen LogP contribution in [0.1, 0.15) is 12.0 Å². The number of allylic oxidation sites excluding steroid dienone is 5. The molecule has 0 aromatic heterocycles. The Morgan fingerprint density at radius 2 is 1.60 bits per heavy atom. The van der Waals surface area contributed by atoms with Crippen molar-refractivity contribution in [2.75, 3.05) is 51.3 Å². The lowest BCUT2D eigenvalue weighted by Gasteiger charge is -2.34. The van der Waals surface area contributed by atoms with Gasteiger partial charge in [0.2, 0.25) is 5.88 Å². The van der Waals surface area contributed by atoms with Crippen LogP contribution in [0.25, 0.3) is 21.5 Å². The summed E-state index contributed by atoms with van der Waals surface area (Å²) < 4.78 is 6.82. The van der Waals surface area contributed by atoms with E-state index in [4.69, 9.17) is 11.3 Å². The average molecular weight is 573 g/mol. The standard InChI is InChI=1S/C35H34N5O3/c1-38-31(26-37)35(28-12-7-4-8-13-28)30(25-36)15-17-34-39(18-9-19-40(2,20-22-41)21-23-42)32-24-29(14-16-33(32)43-34)27-10-5-3-6-11-27/h3-8,10-17,24,41-42H,9,18-23H2,2H3/q+1. The fourth-order valence-corrected chi connectivity index (χ4v) is 5.19. The van der Waals surface area contributed by atoms with Crippen molar-refractivity contribution in [2.45, 2.75) is 6.42 Å². The number of likely N-dealkylation sites (N-methyl/N-ethyl adjacent to an activating group) is 1. The molecule has 0 aliphatic carbocycles. The van der Waals surface area contributed by atoms with Gasteiger partial charge in [-0.3, -0.25) is 0 Å². The van der Waals surface area contributed by atoms with Gasteiger partial charge < -0.3 is 24.3 Å². The van der Waals surface area contributed by atoms with E-state index in [2.05, 4.69) is 34.0 Å². The molecule has 0 bridgehead atoms. The molecule has 216 valence electrons. The maximum absolute atomic E-state index is 10.1. The van der Waals surface area contributed by atoms with E-state index >= 15 is 0 Å². The summed E-state index contributed by atoms with van der Waals surface area (Å²) in [6.45, 7) is 10.0. The van der Waals surface area contributed by atoms with Gasteiger partial charge in [0.25, 0.3) is 5.70 Å². The van der Waals surface area contributed by atoms with Crippen molar-refractivity contribution in [3.8, 4) is 29.0 Å². The maximum atomic E-state index is 10.1. The van der Waals surface area contributed by atoms with Gasteiger partial charge >= 0.3 is 0 Å². The van der Waals surface area contributed by atoms with Crippen molar-refractivity contribution < 1.29 is 19.4 Å².